The Morgan fingerprint density at radius 2 is 0.853 bits per heavy atom. The molecule has 2 aromatic rings. The summed E-state index contributed by atoms with van der Waals surface area (Å²) >= 11 is 0. The van der Waals surface area contributed by atoms with Gasteiger partial charge in [0.15, 0.2) is 0 Å². The second-order valence-corrected chi connectivity index (χ2v) is 7.21. The highest BCUT2D eigenvalue weighted by atomic mass is 16.7. The molecule has 0 atom stereocenters. The first kappa shape index (κ1) is 22.5. The highest BCUT2D eigenvalue weighted by Crippen LogP contribution is 2.21. The Labute approximate surface area is 191 Å². The number of carbonyl (C=O) groups excluding carboxylic acids is 6. The molecule has 0 N–H and O–H groups in total. The van der Waals surface area contributed by atoms with Gasteiger partial charge in [-0.25, -0.2) is 9.59 Å². The molecule has 172 valence electrons. The van der Waals surface area contributed by atoms with E-state index in [1.54, 1.807) is 0 Å². The molecule has 2 fully saturated rings. The molecule has 4 rings (SSSR count). The number of imide groups is 2. The maximum absolute atomic E-state index is 12.1. The number of hydrogen-bond acceptors (Lipinski definition) is 10. The molecular weight excluding hydrogens is 448 g/mol. The highest BCUT2D eigenvalue weighted by Gasteiger charge is 2.34. The zero-order chi connectivity index (χ0) is 24.2. The van der Waals surface area contributed by atoms with E-state index in [1.165, 1.54) is 48.5 Å². The summed E-state index contributed by atoms with van der Waals surface area (Å²) in [5, 5.41) is 8.98. The van der Waals surface area contributed by atoms with Crippen LogP contribution in [-0.4, -0.2) is 45.7 Å². The summed E-state index contributed by atoms with van der Waals surface area (Å²) in [7, 11) is 0. The lowest BCUT2D eigenvalue weighted by atomic mass is 10.2. The quantitative estimate of drug-likeness (QED) is 0.467. The van der Waals surface area contributed by atoms with Gasteiger partial charge in [0.1, 0.15) is 0 Å². The number of rotatable bonds is 6. The predicted octanol–water partition coefficient (Wildman–Crippen LogP) is 2.54. The van der Waals surface area contributed by atoms with Crippen molar-refractivity contribution in [3.8, 4) is 0 Å². The maximum atomic E-state index is 12.1. The first-order chi connectivity index (χ1) is 16.3. The van der Waals surface area contributed by atoms with E-state index in [9.17, 15) is 28.8 Å². The van der Waals surface area contributed by atoms with Crippen molar-refractivity contribution in [3.05, 3.63) is 59.7 Å². The Bertz CT molecular complexity index is 1090. The molecule has 0 saturated carbocycles. The Kier molecular flexibility index (Phi) is 6.21. The van der Waals surface area contributed by atoms with Crippen LogP contribution < -0.4 is 0 Å². The van der Waals surface area contributed by atoms with E-state index in [4.69, 9.17) is 9.68 Å². The van der Waals surface area contributed by atoms with E-state index in [1.807, 2.05) is 0 Å². The van der Waals surface area contributed by atoms with Crippen LogP contribution in [0, 0.1) is 0 Å². The number of hydrogen-bond donors (Lipinski definition) is 0. The van der Waals surface area contributed by atoms with Gasteiger partial charge in [0.25, 0.3) is 23.6 Å². The number of hydroxylamine groups is 4. The minimum absolute atomic E-state index is 0.00535. The number of azo groups is 1. The fourth-order valence-electron chi connectivity index (χ4n) is 3.03. The van der Waals surface area contributed by atoms with Crippen LogP contribution in [-0.2, 0) is 28.9 Å². The summed E-state index contributed by atoms with van der Waals surface area (Å²) in [4.78, 5) is 80.0. The molecule has 2 saturated heterocycles. The van der Waals surface area contributed by atoms with Gasteiger partial charge in [-0.2, -0.15) is 10.2 Å². The van der Waals surface area contributed by atoms with Crippen molar-refractivity contribution in [2.45, 2.75) is 25.7 Å². The minimum Gasteiger partial charge on any atom is -0.325 e. The average molecular weight is 464 g/mol. The molecule has 0 unspecified atom stereocenters. The molecule has 12 heteroatoms. The SMILES string of the molecule is O=C(ON1C(=O)CCC1=O)c1ccc(N=Nc2ccc(C(=O)ON3C(=O)CCC3=O)cc2)cc1. The third-order valence-electron chi connectivity index (χ3n) is 4.85. The fourth-order valence-corrected chi connectivity index (χ4v) is 3.03. The smallest absolute Gasteiger partial charge is 0.325 e. The van der Waals surface area contributed by atoms with E-state index in [0.717, 1.165) is 0 Å². The van der Waals surface area contributed by atoms with Crippen molar-refractivity contribution >= 4 is 46.9 Å². The third-order valence-corrected chi connectivity index (χ3v) is 4.85. The van der Waals surface area contributed by atoms with Gasteiger partial charge in [-0.05, 0) is 48.5 Å². The summed E-state index contributed by atoms with van der Waals surface area (Å²) in [6.45, 7) is 0. The molecule has 0 bridgehead atoms. The lowest BCUT2D eigenvalue weighted by Crippen LogP contribution is -2.32. The van der Waals surface area contributed by atoms with Crippen LogP contribution in [0.5, 0.6) is 0 Å². The molecule has 0 aliphatic carbocycles. The Hall–Kier alpha value is -4.74. The second-order valence-electron chi connectivity index (χ2n) is 7.21. The average Bonchev–Trinajstić information content (AvgIpc) is 3.33. The van der Waals surface area contributed by atoms with Gasteiger partial charge in [-0.3, -0.25) is 19.2 Å². The van der Waals surface area contributed by atoms with Gasteiger partial charge >= 0.3 is 11.9 Å². The summed E-state index contributed by atoms with van der Waals surface area (Å²) < 4.78 is 0. The number of nitrogens with zero attached hydrogens (tertiary/aromatic N) is 4. The molecule has 0 radical (unpaired) electrons. The largest absolute Gasteiger partial charge is 0.363 e. The molecule has 4 amide bonds. The normalized spacial score (nSPS) is 16.0. The lowest BCUT2D eigenvalue weighted by molar-refractivity contribution is -0.173. The Morgan fingerprint density at radius 3 is 1.15 bits per heavy atom. The molecule has 2 aliphatic heterocycles. The predicted molar refractivity (Wildman–Crippen MR) is 110 cm³/mol. The first-order valence-electron chi connectivity index (χ1n) is 10.1. The molecule has 2 aliphatic rings. The molecule has 12 nitrogen and oxygen atoms in total. The van der Waals surface area contributed by atoms with Crippen molar-refractivity contribution in [1.82, 2.24) is 10.1 Å². The molecule has 0 spiro atoms. The van der Waals surface area contributed by atoms with Crippen LogP contribution in [0.25, 0.3) is 0 Å². The molecular formula is C22H16N4O8. The zero-order valence-electron chi connectivity index (χ0n) is 17.5. The van der Waals surface area contributed by atoms with Crippen LogP contribution in [0.3, 0.4) is 0 Å². The zero-order valence-corrected chi connectivity index (χ0v) is 17.5. The van der Waals surface area contributed by atoms with Gasteiger partial charge in [-0.15, -0.1) is 10.1 Å². The van der Waals surface area contributed by atoms with Crippen LogP contribution in [0.2, 0.25) is 0 Å². The highest BCUT2D eigenvalue weighted by molar-refractivity contribution is 6.03. The monoisotopic (exact) mass is 464 g/mol. The summed E-state index contributed by atoms with van der Waals surface area (Å²) in [5.41, 5.74) is 1.03. The number of amides is 4. The molecule has 2 heterocycles. The van der Waals surface area contributed by atoms with E-state index >= 15 is 0 Å². The third kappa shape index (κ3) is 4.85. The first-order valence-corrected chi connectivity index (χ1v) is 10.1. The van der Waals surface area contributed by atoms with Crippen LogP contribution >= 0.6 is 0 Å². The maximum Gasteiger partial charge on any atom is 0.363 e. The number of benzene rings is 2. The Morgan fingerprint density at radius 1 is 0.559 bits per heavy atom. The lowest BCUT2D eigenvalue weighted by Gasteiger charge is -2.12. The Balaban J connectivity index is 1.34. The van der Waals surface area contributed by atoms with E-state index < -0.39 is 35.6 Å². The van der Waals surface area contributed by atoms with Crippen molar-refractivity contribution in [2.75, 3.05) is 0 Å². The van der Waals surface area contributed by atoms with Crippen LogP contribution in [0.1, 0.15) is 46.4 Å². The molecule has 0 aromatic heterocycles. The molecule has 34 heavy (non-hydrogen) atoms. The summed E-state index contributed by atoms with van der Waals surface area (Å²) in [6.07, 6.45) is 0.0214. The van der Waals surface area contributed by atoms with Crippen LogP contribution in [0.4, 0.5) is 11.4 Å². The van der Waals surface area contributed by atoms with Crippen molar-refractivity contribution in [2.24, 2.45) is 10.2 Å². The fraction of sp³-hybridized carbons (Fsp3) is 0.182. The van der Waals surface area contributed by atoms with Gasteiger partial charge in [-0.1, -0.05) is 0 Å². The number of carbonyl (C=O) groups is 6. The summed E-state index contributed by atoms with van der Waals surface area (Å²) in [6, 6.07) is 11.6. The van der Waals surface area contributed by atoms with Crippen molar-refractivity contribution in [1.29, 1.82) is 0 Å². The summed E-state index contributed by atoms with van der Waals surface area (Å²) in [5.74, 6) is -3.98. The topological polar surface area (TPSA) is 152 Å². The van der Waals surface area contributed by atoms with Crippen LogP contribution in [0.15, 0.2) is 58.8 Å². The minimum atomic E-state index is -0.855. The van der Waals surface area contributed by atoms with Crippen molar-refractivity contribution in [3.63, 3.8) is 0 Å². The molecule has 2 aromatic carbocycles. The van der Waals surface area contributed by atoms with Gasteiger partial charge in [0.05, 0.1) is 22.5 Å². The van der Waals surface area contributed by atoms with E-state index in [0.29, 0.717) is 21.5 Å². The van der Waals surface area contributed by atoms with Gasteiger partial charge in [0.2, 0.25) is 0 Å². The standard InChI is InChI=1S/C22H16N4O8/c27-17-9-10-18(28)25(17)33-21(31)13-1-5-15(6-2-13)23-24-16-7-3-14(4-8-16)22(32)34-26-19(29)11-12-20(26)30/h1-8H,9-12H2. The van der Waals surface area contributed by atoms with E-state index in [-0.39, 0.29) is 36.8 Å². The second kappa shape index (κ2) is 9.40. The van der Waals surface area contributed by atoms with Crippen molar-refractivity contribution < 1.29 is 38.4 Å². The van der Waals surface area contributed by atoms with E-state index in [2.05, 4.69) is 10.2 Å². The van der Waals surface area contributed by atoms with Gasteiger partial charge < -0.3 is 9.68 Å². The van der Waals surface area contributed by atoms with Gasteiger partial charge in [0, 0.05) is 25.7 Å².